The molecule has 0 bridgehead atoms. The van der Waals surface area contributed by atoms with Crippen molar-refractivity contribution in [1.82, 2.24) is 4.98 Å². The van der Waals surface area contributed by atoms with Gasteiger partial charge in [-0.3, -0.25) is 4.79 Å². The van der Waals surface area contributed by atoms with E-state index < -0.39 is 5.97 Å². The fraction of sp³-hybridized carbons (Fsp3) is 0.333. The van der Waals surface area contributed by atoms with E-state index in [0.29, 0.717) is 11.6 Å². The van der Waals surface area contributed by atoms with Gasteiger partial charge >= 0.3 is 5.97 Å². The quantitative estimate of drug-likeness (QED) is 0.877. The lowest BCUT2D eigenvalue weighted by atomic mass is 10.3. The van der Waals surface area contributed by atoms with Gasteiger partial charge in [0.25, 0.3) is 6.01 Å². The summed E-state index contributed by atoms with van der Waals surface area (Å²) in [6, 6.07) is 7.73. The predicted octanol–water partition coefficient (Wildman–Crippen LogP) is 2.13. The molecule has 0 unspecified atom stereocenters. The van der Waals surface area contributed by atoms with Gasteiger partial charge in [0.05, 0.1) is 0 Å². The van der Waals surface area contributed by atoms with E-state index in [9.17, 15) is 4.79 Å². The van der Waals surface area contributed by atoms with E-state index >= 15 is 0 Å². The van der Waals surface area contributed by atoms with Gasteiger partial charge in [0.1, 0.15) is 12.1 Å². The summed E-state index contributed by atoms with van der Waals surface area (Å²) in [4.78, 5) is 16.7. The number of fused-ring (bicyclic) bond motifs is 1. The summed E-state index contributed by atoms with van der Waals surface area (Å²) in [5.41, 5.74) is 1.40. The molecule has 0 aliphatic heterocycles. The summed E-state index contributed by atoms with van der Waals surface area (Å²) < 4.78 is 5.54. The second-order valence-corrected chi connectivity index (χ2v) is 4.08. The number of anilines is 1. The highest BCUT2D eigenvalue weighted by atomic mass is 16.4. The first-order valence-electron chi connectivity index (χ1n) is 5.42. The fourth-order valence-corrected chi connectivity index (χ4v) is 1.60. The second kappa shape index (κ2) is 4.45. The summed E-state index contributed by atoms with van der Waals surface area (Å²) in [6.07, 6.45) is 0. The highest BCUT2D eigenvalue weighted by Crippen LogP contribution is 2.22. The van der Waals surface area contributed by atoms with Crippen molar-refractivity contribution in [2.24, 2.45) is 0 Å². The smallest absolute Gasteiger partial charge is 0.323 e. The van der Waals surface area contributed by atoms with Gasteiger partial charge in [0, 0.05) is 6.04 Å². The third-order valence-electron chi connectivity index (χ3n) is 2.46. The number of para-hydroxylation sites is 2. The lowest BCUT2D eigenvalue weighted by molar-refractivity contribution is -0.135. The van der Waals surface area contributed by atoms with Crippen molar-refractivity contribution in [2.45, 2.75) is 19.9 Å². The summed E-state index contributed by atoms with van der Waals surface area (Å²) in [5, 5.41) is 8.86. The van der Waals surface area contributed by atoms with E-state index in [1.807, 2.05) is 38.1 Å². The number of hydrogen-bond donors (Lipinski definition) is 1. The number of benzene rings is 1. The van der Waals surface area contributed by atoms with Crippen LogP contribution in [0.4, 0.5) is 6.01 Å². The molecule has 90 valence electrons. The summed E-state index contributed by atoms with van der Waals surface area (Å²) in [6.45, 7) is 3.68. The molecule has 0 radical (unpaired) electrons. The van der Waals surface area contributed by atoms with E-state index in [1.165, 1.54) is 0 Å². The van der Waals surface area contributed by atoms with E-state index in [1.54, 1.807) is 4.90 Å². The molecule has 0 amide bonds. The maximum Gasteiger partial charge on any atom is 0.323 e. The van der Waals surface area contributed by atoms with Gasteiger partial charge in [-0.15, -0.1) is 0 Å². The molecule has 5 nitrogen and oxygen atoms in total. The Morgan fingerprint density at radius 3 is 2.76 bits per heavy atom. The summed E-state index contributed by atoms with van der Waals surface area (Å²) in [7, 11) is 0. The number of hydrogen-bond acceptors (Lipinski definition) is 4. The van der Waals surface area contributed by atoms with Crippen LogP contribution in [0.15, 0.2) is 28.7 Å². The third kappa shape index (κ3) is 2.38. The molecule has 17 heavy (non-hydrogen) atoms. The van der Waals surface area contributed by atoms with Crippen LogP contribution < -0.4 is 4.90 Å². The van der Waals surface area contributed by atoms with Crippen LogP contribution in [0.3, 0.4) is 0 Å². The molecule has 0 saturated carbocycles. The van der Waals surface area contributed by atoms with Crippen molar-refractivity contribution < 1.29 is 14.3 Å². The predicted molar refractivity (Wildman–Crippen MR) is 64.1 cm³/mol. The minimum absolute atomic E-state index is 0.0131. The normalized spacial score (nSPS) is 11.0. The Hall–Kier alpha value is -2.04. The van der Waals surface area contributed by atoms with Crippen LogP contribution in [-0.4, -0.2) is 28.6 Å². The van der Waals surface area contributed by atoms with Crippen molar-refractivity contribution in [3.8, 4) is 0 Å². The van der Waals surface area contributed by atoms with Crippen LogP contribution in [0.1, 0.15) is 13.8 Å². The number of rotatable bonds is 4. The molecule has 5 heteroatoms. The van der Waals surface area contributed by atoms with Crippen LogP contribution in [-0.2, 0) is 4.79 Å². The molecule has 1 aromatic heterocycles. The third-order valence-corrected chi connectivity index (χ3v) is 2.46. The average Bonchev–Trinajstić information content (AvgIpc) is 2.68. The van der Waals surface area contributed by atoms with Gasteiger partial charge in [0.2, 0.25) is 0 Å². The number of aliphatic carboxylic acids is 1. The molecule has 0 aliphatic rings. The van der Waals surface area contributed by atoms with Crippen molar-refractivity contribution in [1.29, 1.82) is 0 Å². The Kier molecular flexibility index (Phi) is 2.99. The molecule has 2 rings (SSSR count). The van der Waals surface area contributed by atoms with Gasteiger partial charge in [-0.05, 0) is 26.0 Å². The van der Waals surface area contributed by atoms with Crippen LogP contribution in [0.25, 0.3) is 11.1 Å². The van der Waals surface area contributed by atoms with E-state index in [4.69, 9.17) is 9.52 Å². The molecule has 1 N–H and O–H groups in total. The van der Waals surface area contributed by atoms with Crippen LogP contribution in [0, 0.1) is 0 Å². The first-order valence-corrected chi connectivity index (χ1v) is 5.42. The zero-order valence-electron chi connectivity index (χ0n) is 9.75. The van der Waals surface area contributed by atoms with Crippen molar-refractivity contribution >= 4 is 23.1 Å². The first-order chi connectivity index (χ1) is 8.08. The zero-order valence-corrected chi connectivity index (χ0v) is 9.75. The molecule has 0 spiro atoms. The van der Waals surface area contributed by atoms with Gasteiger partial charge in [0.15, 0.2) is 5.58 Å². The Morgan fingerprint density at radius 1 is 1.47 bits per heavy atom. The fourth-order valence-electron chi connectivity index (χ4n) is 1.60. The second-order valence-electron chi connectivity index (χ2n) is 4.08. The highest BCUT2D eigenvalue weighted by Gasteiger charge is 2.19. The monoisotopic (exact) mass is 234 g/mol. The summed E-state index contributed by atoms with van der Waals surface area (Å²) in [5.74, 6) is -0.902. The maximum absolute atomic E-state index is 10.8. The number of carboxylic acid groups (broad SMARTS) is 1. The van der Waals surface area contributed by atoms with Crippen molar-refractivity contribution in [3.05, 3.63) is 24.3 Å². The van der Waals surface area contributed by atoms with E-state index in [-0.39, 0.29) is 12.6 Å². The molecular formula is C12H14N2O3. The largest absolute Gasteiger partial charge is 0.480 e. The molecular weight excluding hydrogens is 220 g/mol. The van der Waals surface area contributed by atoms with Gasteiger partial charge in [-0.2, -0.15) is 4.98 Å². The number of carboxylic acids is 1. The lowest BCUT2D eigenvalue weighted by Crippen LogP contribution is -2.35. The SMILES string of the molecule is CC(C)N(CC(=O)O)c1nc2ccccc2o1. The topological polar surface area (TPSA) is 66.6 Å². The molecule has 2 aromatic rings. The minimum atomic E-state index is -0.902. The molecule has 0 atom stereocenters. The minimum Gasteiger partial charge on any atom is -0.480 e. The van der Waals surface area contributed by atoms with Gasteiger partial charge < -0.3 is 14.4 Å². The standard InChI is InChI=1S/C12H14N2O3/c1-8(2)14(7-11(15)16)12-13-9-5-3-4-6-10(9)17-12/h3-6,8H,7H2,1-2H3,(H,15,16). The lowest BCUT2D eigenvalue weighted by Gasteiger charge is -2.22. The number of carbonyl (C=O) groups is 1. The average molecular weight is 234 g/mol. The Bertz CT molecular complexity index is 500. The highest BCUT2D eigenvalue weighted by molar-refractivity contribution is 5.76. The van der Waals surface area contributed by atoms with Gasteiger partial charge in [-0.25, -0.2) is 0 Å². The van der Waals surface area contributed by atoms with Crippen LogP contribution in [0.5, 0.6) is 0 Å². The Labute approximate surface area is 98.7 Å². The number of nitrogens with zero attached hydrogens (tertiary/aromatic N) is 2. The van der Waals surface area contributed by atoms with Crippen LogP contribution in [0.2, 0.25) is 0 Å². The Morgan fingerprint density at radius 2 is 2.18 bits per heavy atom. The number of aromatic nitrogens is 1. The van der Waals surface area contributed by atoms with Crippen LogP contribution >= 0.6 is 0 Å². The zero-order chi connectivity index (χ0) is 12.4. The Balaban J connectivity index is 2.38. The van der Waals surface area contributed by atoms with Gasteiger partial charge in [-0.1, -0.05) is 12.1 Å². The summed E-state index contributed by atoms with van der Waals surface area (Å²) >= 11 is 0. The number of oxazole rings is 1. The first kappa shape index (κ1) is 11.4. The molecule has 0 aliphatic carbocycles. The molecule has 1 aromatic carbocycles. The molecule has 1 heterocycles. The van der Waals surface area contributed by atoms with Crippen molar-refractivity contribution in [3.63, 3.8) is 0 Å². The van der Waals surface area contributed by atoms with Crippen molar-refractivity contribution in [2.75, 3.05) is 11.4 Å². The van der Waals surface area contributed by atoms with E-state index in [2.05, 4.69) is 4.98 Å². The molecule has 0 fully saturated rings. The van der Waals surface area contributed by atoms with E-state index in [0.717, 1.165) is 5.52 Å². The molecule has 0 saturated heterocycles. The maximum atomic E-state index is 10.8.